The van der Waals surface area contributed by atoms with E-state index in [0.717, 1.165) is 0 Å². The van der Waals surface area contributed by atoms with Crippen LogP contribution in [-0.2, 0) is 28.6 Å². The van der Waals surface area contributed by atoms with Crippen LogP contribution in [0.3, 0.4) is 0 Å². The Balaban J connectivity index is 1.82. The van der Waals surface area contributed by atoms with Crippen LogP contribution in [0.2, 0.25) is 0 Å². The second-order valence-corrected chi connectivity index (χ2v) is 11.2. The predicted molar refractivity (Wildman–Crippen MR) is 110 cm³/mol. The van der Waals surface area contributed by atoms with Crippen LogP contribution in [0.1, 0.15) is 53.4 Å². The summed E-state index contributed by atoms with van der Waals surface area (Å²) in [5.41, 5.74) is -2.55. The van der Waals surface area contributed by atoms with Crippen LogP contribution in [-0.4, -0.2) is 58.6 Å². The number of ether oxygens (including phenoxy) is 3. The van der Waals surface area contributed by atoms with Gasteiger partial charge in [0, 0.05) is 31.1 Å². The lowest BCUT2D eigenvalue weighted by Crippen LogP contribution is -2.86. The van der Waals surface area contributed by atoms with Crippen molar-refractivity contribution < 1.29 is 38.8 Å². The number of hydrogen-bond donors (Lipinski definition) is 2. The Morgan fingerprint density at radius 2 is 1.84 bits per heavy atom. The average molecular weight is 449 g/mol. The molecular weight excluding hydrogens is 416 g/mol. The summed E-state index contributed by atoms with van der Waals surface area (Å²) < 4.78 is 17.9. The fourth-order valence-electron chi connectivity index (χ4n) is 8.60. The van der Waals surface area contributed by atoms with Gasteiger partial charge < -0.3 is 24.4 Å². The van der Waals surface area contributed by atoms with Gasteiger partial charge in [0.1, 0.15) is 17.6 Å². The van der Waals surface area contributed by atoms with Gasteiger partial charge in [0.25, 0.3) is 5.79 Å². The van der Waals surface area contributed by atoms with E-state index in [1.165, 1.54) is 13.8 Å². The molecule has 4 bridgehead atoms. The van der Waals surface area contributed by atoms with E-state index in [-0.39, 0.29) is 24.7 Å². The molecule has 2 spiro atoms. The number of aliphatic hydroxyl groups excluding tert-OH is 2. The maximum Gasteiger partial charge on any atom is 0.305 e. The lowest BCUT2D eigenvalue weighted by atomic mass is 9.35. The molecule has 0 radical (unpaired) electrons. The summed E-state index contributed by atoms with van der Waals surface area (Å²) in [4.78, 5) is 38.3. The molecule has 6 fully saturated rings. The quantitative estimate of drug-likeness (QED) is 0.482. The third kappa shape index (κ3) is 2.26. The van der Waals surface area contributed by atoms with Crippen LogP contribution in [0.15, 0.2) is 12.2 Å². The molecule has 9 atom stereocenters. The van der Waals surface area contributed by atoms with Crippen molar-refractivity contribution in [2.45, 2.75) is 77.5 Å². The fourth-order valence-corrected chi connectivity index (χ4v) is 8.60. The van der Waals surface area contributed by atoms with E-state index < -0.39 is 64.1 Å². The number of ketones is 1. The summed E-state index contributed by atoms with van der Waals surface area (Å²) in [5, 5.41) is 23.4. The van der Waals surface area contributed by atoms with E-state index >= 15 is 0 Å². The van der Waals surface area contributed by atoms with Crippen LogP contribution in [0.5, 0.6) is 0 Å². The first-order valence-electron chi connectivity index (χ1n) is 11.5. The zero-order valence-corrected chi connectivity index (χ0v) is 19.1. The highest BCUT2D eigenvalue weighted by atomic mass is 16.7. The zero-order valence-electron chi connectivity index (χ0n) is 19.1. The first-order valence-corrected chi connectivity index (χ1v) is 11.5. The van der Waals surface area contributed by atoms with Gasteiger partial charge in [-0.05, 0) is 42.6 Å². The van der Waals surface area contributed by atoms with Gasteiger partial charge in [0.05, 0.1) is 12.7 Å². The molecule has 4 aliphatic carbocycles. The van der Waals surface area contributed by atoms with Gasteiger partial charge in [-0.15, -0.1) is 0 Å². The maximum absolute atomic E-state index is 13.9. The van der Waals surface area contributed by atoms with Gasteiger partial charge in [-0.2, -0.15) is 0 Å². The van der Waals surface area contributed by atoms with Crippen LogP contribution >= 0.6 is 0 Å². The monoisotopic (exact) mass is 448 g/mol. The molecule has 0 aromatic rings. The number of hydrogen-bond acceptors (Lipinski definition) is 8. The van der Waals surface area contributed by atoms with E-state index in [9.17, 15) is 24.6 Å². The van der Waals surface area contributed by atoms with E-state index in [1.54, 1.807) is 0 Å². The maximum atomic E-state index is 13.9. The highest BCUT2D eigenvalue weighted by Crippen LogP contribution is 2.77. The number of allylic oxidation sites excluding steroid dienone is 1. The SMILES string of the molecule is C=C1C(=O)[C@]23C[C@H]1C[C@@H](O)[C@H]2[C@@]12CO[C@]3(OC(C)=O)[C@@H](O)[C@@H]1C(C)(C)CC[C@@H]2OC(C)=O. The number of rotatable bonds is 2. The molecule has 0 amide bonds. The highest BCUT2D eigenvalue weighted by Gasteiger charge is 2.87. The van der Waals surface area contributed by atoms with Crippen molar-refractivity contribution in [2.75, 3.05) is 6.61 Å². The van der Waals surface area contributed by atoms with Crippen molar-refractivity contribution in [3.8, 4) is 0 Å². The van der Waals surface area contributed by atoms with Gasteiger partial charge in [-0.1, -0.05) is 20.4 Å². The highest BCUT2D eigenvalue weighted by molar-refractivity contribution is 6.04. The van der Waals surface area contributed by atoms with Crippen molar-refractivity contribution >= 4 is 17.7 Å². The third-order valence-electron chi connectivity index (χ3n) is 9.32. The molecule has 0 aromatic heterocycles. The Morgan fingerprint density at radius 3 is 2.47 bits per heavy atom. The Morgan fingerprint density at radius 1 is 1.16 bits per heavy atom. The number of carbonyl (C=O) groups excluding carboxylic acids is 3. The van der Waals surface area contributed by atoms with E-state index in [0.29, 0.717) is 24.8 Å². The molecular formula is C24H32O8. The van der Waals surface area contributed by atoms with Gasteiger partial charge in [-0.3, -0.25) is 14.4 Å². The first-order chi connectivity index (χ1) is 14.8. The van der Waals surface area contributed by atoms with Gasteiger partial charge >= 0.3 is 11.9 Å². The fraction of sp³-hybridized carbons (Fsp3) is 0.792. The van der Waals surface area contributed by atoms with Crippen molar-refractivity contribution in [3.63, 3.8) is 0 Å². The van der Waals surface area contributed by atoms with Crippen LogP contribution < -0.4 is 0 Å². The van der Waals surface area contributed by atoms with Crippen molar-refractivity contribution in [1.29, 1.82) is 0 Å². The molecule has 2 aliphatic heterocycles. The summed E-state index contributed by atoms with van der Waals surface area (Å²) in [5.74, 6) is -4.88. The van der Waals surface area contributed by atoms with E-state index in [4.69, 9.17) is 14.2 Å². The largest absolute Gasteiger partial charge is 0.462 e. The molecule has 0 aromatic carbocycles. The second-order valence-electron chi connectivity index (χ2n) is 11.2. The summed E-state index contributed by atoms with van der Waals surface area (Å²) in [6.07, 6.45) is -1.08. The average Bonchev–Trinajstić information content (AvgIpc) is 2.87. The first kappa shape index (κ1) is 22.0. The smallest absolute Gasteiger partial charge is 0.305 e. The normalized spacial score (nSPS) is 50.4. The van der Waals surface area contributed by atoms with Gasteiger partial charge in [0.2, 0.25) is 0 Å². The summed E-state index contributed by atoms with van der Waals surface area (Å²) in [6, 6.07) is 0. The summed E-state index contributed by atoms with van der Waals surface area (Å²) in [7, 11) is 0. The van der Waals surface area contributed by atoms with Gasteiger partial charge in [0.15, 0.2) is 5.78 Å². The van der Waals surface area contributed by atoms with E-state index in [1.807, 2.05) is 13.8 Å². The molecule has 0 unspecified atom stereocenters. The van der Waals surface area contributed by atoms with Crippen LogP contribution in [0, 0.1) is 34.0 Å². The van der Waals surface area contributed by atoms with Crippen molar-refractivity contribution in [3.05, 3.63) is 12.2 Å². The molecule has 2 saturated heterocycles. The Bertz CT molecular complexity index is 925. The van der Waals surface area contributed by atoms with Crippen LogP contribution in [0.4, 0.5) is 0 Å². The predicted octanol–water partition coefficient (Wildman–Crippen LogP) is 1.52. The number of aliphatic hydroxyl groups is 2. The molecule has 2 N–H and O–H groups in total. The molecule has 6 rings (SSSR count). The second kappa shape index (κ2) is 6.42. The molecule has 8 heteroatoms. The minimum Gasteiger partial charge on any atom is -0.462 e. The lowest BCUT2D eigenvalue weighted by molar-refractivity contribution is -0.454. The van der Waals surface area contributed by atoms with Crippen molar-refractivity contribution in [2.24, 2.45) is 34.0 Å². The van der Waals surface area contributed by atoms with Gasteiger partial charge in [-0.25, -0.2) is 0 Å². The topological polar surface area (TPSA) is 119 Å². The molecule has 8 nitrogen and oxygen atoms in total. The minimum atomic E-state index is -1.92. The summed E-state index contributed by atoms with van der Waals surface area (Å²) in [6.45, 7) is 10.6. The zero-order chi connectivity index (χ0) is 23.4. The van der Waals surface area contributed by atoms with E-state index in [2.05, 4.69) is 6.58 Å². The Kier molecular flexibility index (Phi) is 4.42. The number of esters is 2. The molecule has 32 heavy (non-hydrogen) atoms. The Labute approximate surface area is 187 Å². The van der Waals surface area contributed by atoms with Crippen molar-refractivity contribution in [1.82, 2.24) is 0 Å². The standard InChI is InChI=1S/C24H32O8/c1-11-14-8-15(27)17-22-10-30-24(32-13(3)26,23(17,9-14)19(11)28)20(29)18(22)21(4,5)7-6-16(22)31-12(2)25/h14-18,20,27,29H,1,6-10H2,2-5H3/t14-,15-,16+,17+,18-,20+,22+,23+,24+/m1/s1. The lowest BCUT2D eigenvalue weighted by Gasteiger charge is -2.75. The molecule has 2 heterocycles. The summed E-state index contributed by atoms with van der Waals surface area (Å²) >= 11 is 0. The minimum absolute atomic E-state index is 0.0112. The number of fused-ring (bicyclic) bond motifs is 2. The third-order valence-corrected chi connectivity index (χ3v) is 9.32. The number of Topliss-reactive ketones (excluding diaryl/α,β-unsaturated/α-hetero) is 1. The Hall–Kier alpha value is -1.77. The molecule has 4 saturated carbocycles. The number of carbonyl (C=O) groups is 3. The molecule has 6 aliphatic rings. The molecule has 176 valence electrons. The van der Waals surface area contributed by atoms with Crippen LogP contribution in [0.25, 0.3) is 0 Å².